The second-order valence-corrected chi connectivity index (χ2v) is 5.89. The van der Waals surface area contributed by atoms with E-state index in [-0.39, 0.29) is 12.5 Å². The third-order valence-corrected chi connectivity index (χ3v) is 4.11. The summed E-state index contributed by atoms with van der Waals surface area (Å²) in [5.74, 6) is 0.0677. The number of anilines is 1. The maximum atomic E-state index is 11.9. The third-order valence-electron chi connectivity index (χ3n) is 4.11. The lowest BCUT2D eigenvalue weighted by Crippen LogP contribution is -2.42. The van der Waals surface area contributed by atoms with Crippen LogP contribution in [0.15, 0.2) is 24.3 Å². The molecule has 0 saturated carbocycles. The Balaban J connectivity index is 1.71. The maximum Gasteiger partial charge on any atom is 0.224 e. The van der Waals surface area contributed by atoms with Crippen LogP contribution >= 0.6 is 0 Å². The summed E-state index contributed by atoms with van der Waals surface area (Å²) >= 11 is 0. The zero-order valence-electron chi connectivity index (χ0n) is 12.8. The second-order valence-electron chi connectivity index (χ2n) is 5.89. The van der Waals surface area contributed by atoms with Gasteiger partial charge in [-0.1, -0.05) is 18.6 Å². The molecule has 1 fully saturated rings. The normalized spacial score (nSPS) is 19.4. The molecule has 2 N–H and O–H groups in total. The molecule has 0 radical (unpaired) electrons. The van der Waals surface area contributed by atoms with E-state index in [1.807, 2.05) is 31.2 Å². The van der Waals surface area contributed by atoms with Gasteiger partial charge in [-0.05, 0) is 57.0 Å². The molecule has 0 bridgehead atoms. The van der Waals surface area contributed by atoms with Gasteiger partial charge >= 0.3 is 0 Å². The van der Waals surface area contributed by atoms with E-state index in [1.165, 1.54) is 12.8 Å². The van der Waals surface area contributed by atoms with Gasteiger partial charge in [-0.15, -0.1) is 0 Å². The SMILES string of the molecule is Cc1cccc(NC(=O)CCCN2CCCCC2CO)c1. The molecule has 1 aromatic rings. The molecule has 0 spiro atoms. The van der Waals surface area contributed by atoms with Gasteiger partial charge in [0.15, 0.2) is 0 Å². The molecule has 4 nitrogen and oxygen atoms in total. The van der Waals surface area contributed by atoms with Crippen molar-refractivity contribution >= 4 is 11.6 Å². The molecule has 21 heavy (non-hydrogen) atoms. The third kappa shape index (κ3) is 5.14. The van der Waals surface area contributed by atoms with E-state index in [9.17, 15) is 9.90 Å². The highest BCUT2D eigenvalue weighted by molar-refractivity contribution is 5.90. The highest BCUT2D eigenvalue weighted by Crippen LogP contribution is 2.17. The number of nitrogens with zero attached hydrogens (tertiary/aromatic N) is 1. The Hall–Kier alpha value is -1.39. The molecule has 1 saturated heterocycles. The smallest absolute Gasteiger partial charge is 0.224 e. The van der Waals surface area contributed by atoms with E-state index in [0.717, 1.165) is 37.2 Å². The van der Waals surface area contributed by atoms with E-state index >= 15 is 0 Å². The van der Waals surface area contributed by atoms with Crippen LogP contribution in [0.5, 0.6) is 0 Å². The van der Waals surface area contributed by atoms with Gasteiger partial charge in [0.25, 0.3) is 0 Å². The average Bonchev–Trinajstić information content (AvgIpc) is 2.47. The minimum atomic E-state index is 0.0677. The molecule has 1 aliphatic rings. The molecule has 116 valence electrons. The zero-order valence-corrected chi connectivity index (χ0v) is 12.8. The van der Waals surface area contributed by atoms with Gasteiger partial charge in [0.05, 0.1) is 6.61 Å². The summed E-state index contributed by atoms with van der Waals surface area (Å²) in [6.07, 6.45) is 4.85. The number of carbonyl (C=O) groups is 1. The molecule has 1 amide bonds. The number of piperidine rings is 1. The largest absolute Gasteiger partial charge is 0.395 e. The first-order valence-corrected chi connectivity index (χ1v) is 7.90. The molecular formula is C17H26N2O2. The number of aliphatic hydroxyl groups is 1. The predicted octanol–water partition coefficient (Wildman–Crippen LogP) is 2.56. The van der Waals surface area contributed by atoms with Gasteiger partial charge < -0.3 is 10.4 Å². The Morgan fingerprint density at radius 3 is 3.05 bits per heavy atom. The van der Waals surface area contributed by atoms with Crippen LogP contribution in [0.4, 0.5) is 5.69 Å². The molecule has 1 atom stereocenters. The van der Waals surface area contributed by atoms with Gasteiger partial charge in [0, 0.05) is 18.2 Å². The summed E-state index contributed by atoms with van der Waals surface area (Å²) in [6.45, 7) is 4.19. The average molecular weight is 290 g/mol. The molecule has 0 aromatic heterocycles. The molecule has 1 aliphatic heterocycles. The van der Waals surface area contributed by atoms with Crippen LogP contribution < -0.4 is 5.32 Å². The quantitative estimate of drug-likeness (QED) is 0.846. The molecule has 1 heterocycles. The molecule has 0 aliphatic carbocycles. The van der Waals surface area contributed by atoms with Crippen LogP contribution in [-0.2, 0) is 4.79 Å². The van der Waals surface area contributed by atoms with E-state index in [2.05, 4.69) is 10.2 Å². The lowest BCUT2D eigenvalue weighted by molar-refractivity contribution is -0.116. The fraction of sp³-hybridized carbons (Fsp3) is 0.588. The highest BCUT2D eigenvalue weighted by Gasteiger charge is 2.21. The van der Waals surface area contributed by atoms with Gasteiger partial charge in [0.2, 0.25) is 5.91 Å². The van der Waals surface area contributed by atoms with E-state index in [1.54, 1.807) is 0 Å². The number of nitrogens with one attached hydrogen (secondary N) is 1. The van der Waals surface area contributed by atoms with Crippen molar-refractivity contribution in [2.75, 3.05) is 25.0 Å². The number of hydrogen-bond donors (Lipinski definition) is 2. The van der Waals surface area contributed by atoms with Crippen LogP contribution in [0.1, 0.15) is 37.7 Å². The van der Waals surface area contributed by atoms with Crippen molar-refractivity contribution < 1.29 is 9.90 Å². The summed E-state index contributed by atoms with van der Waals surface area (Å²) in [4.78, 5) is 14.3. The molecule has 4 heteroatoms. The fourth-order valence-electron chi connectivity index (χ4n) is 2.95. The predicted molar refractivity (Wildman–Crippen MR) is 85.3 cm³/mol. The monoisotopic (exact) mass is 290 g/mol. The zero-order chi connectivity index (χ0) is 15.1. The number of aryl methyl sites for hydroxylation is 1. The lowest BCUT2D eigenvalue weighted by Gasteiger charge is -2.34. The first-order chi connectivity index (χ1) is 10.2. The number of likely N-dealkylation sites (tertiary alicyclic amines) is 1. The molecule has 1 unspecified atom stereocenters. The van der Waals surface area contributed by atoms with E-state index < -0.39 is 0 Å². The maximum absolute atomic E-state index is 11.9. The van der Waals surface area contributed by atoms with Gasteiger partial charge in [-0.2, -0.15) is 0 Å². The van der Waals surface area contributed by atoms with Crippen molar-refractivity contribution in [2.24, 2.45) is 0 Å². The first kappa shape index (κ1) is 16.0. The van der Waals surface area contributed by atoms with Crippen molar-refractivity contribution in [2.45, 2.75) is 45.1 Å². The summed E-state index contributed by atoms with van der Waals surface area (Å²) in [6, 6.07) is 8.14. The topological polar surface area (TPSA) is 52.6 Å². The standard InChI is InChI=1S/C17H26N2O2/c1-14-6-4-7-15(12-14)18-17(21)9-5-11-19-10-3-2-8-16(19)13-20/h4,6-7,12,16,20H,2-3,5,8-11,13H2,1H3,(H,18,21). The number of carbonyl (C=O) groups excluding carboxylic acids is 1. The number of hydrogen-bond acceptors (Lipinski definition) is 3. The van der Waals surface area contributed by atoms with Crippen molar-refractivity contribution in [3.63, 3.8) is 0 Å². The summed E-state index contributed by atoms with van der Waals surface area (Å²) in [5.41, 5.74) is 2.01. The number of amides is 1. The van der Waals surface area contributed by atoms with Crippen LogP contribution in [0.3, 0.4) is 0 Å². The van der Waals surface area contributed by atoms with Crippen LogP contribution in [-0.4, -0.2) is 41.7 Å². The van der Waals surface area contributed by atoms with Gasteiger partial charge in [0.1, 0.15) is 0 Å². The molecule has 1 aromatic carbocycles. The summed E-state index contributed by atoms with van der Waals surface area (Å²) in [5, 5.41) is 12.3. The highest BCUT2D eigenvalue weighted by atomic mass is 16.3. The van der Waals surface area contributed by atoms with Crippen molar-refractivity contribution in [3.05, 3.63) is 29.8 Å². The Kier molecular flexibility index (Phi) is 6.21. The van der Waals surface area contributed by atoms with Gasteiger partial charge in [-0.3, -0.25) is 9.69 Å². The van der Waals surface area contributed by atoms with Crippen LogP contribution in [0.2, 0.25) is 0 Å². The lowest BCUT2D eigenvalue weighted by atomic mass is 10.0. The first-order valence-electron chi connectivity index (χ1n) is 7.90. The second kappa shape index (κ2) is 8.15. The fourth-order valence-corrected chi connectivity index (χ4v) is 2.95. The minimum absolute atomic E-state index is 0.0677. The minimum Gasteiger partial charge on any atom is -0.395 e. The van der Waals surface area contributed by atoms with Crippen LogP contribution in [0.25, 0.3) is 0 Å². The number of rotatable bonds is 6. The van der Waals surface area contributed by atoms with Crippen molar-refractivity contribution in [1.82, 2.24) is 4.90 Å². The number of benzene rings is 1. The molecule has 2 rings (SSSR count). The van der Waals surface area contributed by atoms with Crippen LogP contribution in [0, 0.1) is 6.92 Å². The molecular weight excluding hydrogens is 264 g/mol. The Bertz CT molecular complexity index is 462. The van der Waals surface area contributed by atoms with Gasteiger partial charge in [-0.25, -0.2) is 0 Å². The summed E-state index contributed by atoms with van der Waals surface area (Å²) < 4.78 is 0. The van der Waals surface area contributed by atoms with Crippen molar-refractivity contribution in [1.29, 1.82) is 0 Å². The van der Waals surface area contributed by atoms with E-state index in [0.29, 0.717) is 12.5 Å². The Labute approximate surface area is 127 Å². The Morgan fingerprint density at radius 1 is 1.43 bits per heavy atom. The summed E-state index contributed by atoms with van der Waals surface area (Å²) in [7, 11) is 0. The van der Waals surface area contributed by atoms with E-state index in [4.69, 9.17) is 0 Å². The number of aliphatic hydroxyl groups excluding tert-OH is 1. The van der Waals surface area contributed by atoms with Crippen molar-refractivity contribution in [3.8, 4) is 0 Å². The Morgan fingerprint density at radius 2 is 2.29 bits per heavy atom.